The van der Waals surface area contributed by atoms with E-state index in [-0.39, 0.29) is 23.9 Å². The van der Waals surface area contributed by atoms with Gasteiger partial charge in [-0.1, -0.05) is 12.8 Å². The van der Waals surface area contributed by atoms with Gasteiger partial charge in [0, 0.05) is 24.4 Å². The minimum atomic E-state index is -0.0150. The number of rotatable bonds is 4. The quantitative estimate of drug-likeness (QED) is 0.796. The first-order valence-electron chi connectivity index (χ1n) is 6.55. The fourth-order valence-corrected chi connectivity index (χ4v) is 2.72. The van der Waals surface area contributed by atoms with Crippen LogP contribution in [-0.4, -0.2) is 14.9 Å². The van der Waals surface area contributed by atoms with Crippen molar-refractivity contribution in [1.82, 2.24) is 9.13 Å². The minimum absolute atomic E-state index is 0.0150. The van der Waals surface area contributed by atoms with Crippen LogP contribution in [-0.2, 0) is 11.3 Å². The van der Waals surface area contributed by atoms with Crippen LogP contribution in [0, 0.1) is 5.92 Å². The summed E-state index contributed by atoms with van der Waals surface area (Å²) in [5.41, 5.74) is -0.0150. The Labute approximate surface area is 100 Å². The molecular weight excluding hydrogens is 216 g/mol. The van der Waals surface area contributed by atoms with Crippen LogP contribution < -0.4 is 5.69 Å². The molecule has 2 saturated carbocycles. The van der Waals surface area contributed by atoms with Crippen molar-refractivity contribution in [2.75, 3.05) is 0 Å². The van der Waals surface area contributed by atoms with Crippen LogP contribution in [0.25, 0.3) is 0 Å². The highest BCUT2D eigenvalue weighted by Gasteiger charge is 2.27. The van der Waals surface area contributed by atoms with Gasteiger partial charge in [-0.2, -0.15) is 0 Å². The molecule has 0 N–H and O–H groups in total. The van der Waals surface area contributed by atoms with Crippen molar-refractivity contribution >= 4 is 5.78 Å². The lowest BCUT2D eigenvalue weighted by Crippen LogP contribution is -2.28. The lowest BCUT2D eigenvalue weighted by Gasteiger charge is -2.07. The number of carbonyl (C=O) groups excluding carboxylic acids is 1. The van der Waals surface area contributed by atoms with Crippen LogP contribution in [0.4, 0.5) is 0 Å². The molecule has 0 radical (unpaired) electrons. The molecule has 0 aliphatic heterocycles. The molecule has 0 saturated heterocycles. The van der Waals surface area contributed by atoms with Crippen LogP contribution >= 0.6 is 0 Å². The third kappa shape index (κ3) is 2.08. The van der Waals surface area contributed by atoms with Crippen LogP contribution in [0.2, 0.25) is 0 Å². The average Bonchev–Trinajstić information content (AvgIpc) is 2.89. The Kier molecular flexibility index (Phi) is 2.65. The second kappa shape index (κ2) is 4.17. The molecule has 92 valence electrons. The van der Waals surface area contributed by atoms with E-state index < -0.39 is 0 Å². The van der Waals surface area contributed by atoms with Gasteiger partial charge in [0.2, 0.25) is 0 Å². The molecular formula is C13H18N2O2. The molecule has 3 rings (SSSR count). The van der Waals surface area contributed by atoms with Crippen LogP contribution in [0.5, 0.6) is 0 Å². The Hall–Kier alpha value is -1.32. The van der Waals surface area contributed by atoms with Gasteiger partial charge in [0.05, 0.1) is 6.54 Å². The first-order chi connectivity index (χ1) is 8.25. The van der Waals surface area contributed by atoms with Gasteiger partial charge in [0.1, 0.15) is 0 Å². The molecule has 1 heterocycles. The summed E-state index contributed by atoms with van der Waals surface area (Å²) in [6, 6.07) is 0.394. The van der Waals surface area contributed by atoms with Gasteiger partial charge >= 0.3 is 5.69 Å². The Morgan fingerprint density at radius 1 is 1.18 bits per heavy atom. The minimum Gasteiger partial charge on any atom is -0.297 e. The highest BCUT2D eigenvalue weighted by molar-refractivity contribution is 5.81. The zero-order chi connectivity index (χ0) is 11.8. The first-order valence-corrected chi connectivity index (χ1v) is 6.55. The summed E-state index contributed by atoms with van der Waals surface area (Å²) in [7, 11) is 0. The zero-order valence-electron chi connectivity index (χ0n) is 9.97. The maximum atomic E-state index is 12.0. The van der Waals surface area contributed by atoms with Gasteiger partial charge in [0.15, 0.2) is 5.78 Å². The number of imidazole rings is 1. The van der Waals surface area contributed by atoms with E-state index in [4.69, 9.17) is 0 Å². The average molecular weight is 234 g/mol. The van der Waals surface area contributed by atoms with Gasteiger partial charge in [-0.25, -0.2) is 4.79 Å². The third-order valence-corrected chi connectivity index (χ3v) is 3.95. The summed E-state index contributed by atoms with van der Waals surface area (Å²) in [6.45, 7) is 0.267. The Bertz CT molecular complexity index is 476. The van der Waals surface area contributed by atoms with Gasteiger partial charge < -0.3 is 0 Å². The van der Waals surface area contributed by atoms with Gasteiger partial charge in [-0.05, 0) is 25.7 Å². The van der Waals surface area contributed by atoms with Crippen LogP contribution in [0.1, 0.15) is 44.6 Å². The summed E-state index contributed by atoms with van der Waals surface area (Å²) in [5, 5.41) is 0. The molecule has 17 heavy (non-hydrogen) atoms. The van der Waals surface area contributed by atoms with Crippen molar-refractivity contribution in [3.05, 3.63) is 22.9 Å². The van der Waals surface area contributed by atoms with Crippen LogP contribution in [0.3, 0.4) is 0 Å². The summed E-state index contributed by atoms with van der Waals surface area (Å²) >= 11 is 0. The summed E-state index contributed by atoms with van der Waals surface area (Å²) in [5.74, 6) is 0.435. The van der Waals surface area contributed by atoms with Crippen molar-refractivity contribution in [1.29, 1.82) is 0 Å². The molecule has 4 nitrogen and oxygen atoms in total. The number of ketones is 1. The van der Waals surface area contributed by atoms with E-state index in [2.05, 4.69) is 0 Å². The highest BCUT2D eigenvalue weighted by atomic mass is 16.2. The number of hydrogen-bond donors (Lipinski definition) is 0. The fourth-order valence-electron chi connectivity index (χ4n) is 2.72. The van der Waals surface area contributed by atoms with Crippen molar-refractivity contribution in [3.63, 3.8) is 0 Å². The predicted molar refractivity (Wildman–Crippen MR) is 63.9 cm³/mol. The van der Waals surface area contributed by atoms with Gasteiger partial charge in [0.25, 0.3) is 0 Å². The number of Topliss-reactive ketones (excluding diaryl/α,β-unsaturated/α-hetero) is 1. The second-order valence-electron chi connectivity index (χ2n) is 5.29. The van der Waals surface area contributed by atoms with Gasteiger partial charge in [-0.15, -0.1) is 0 Å². The number of carbonyl (C=O) groups is 1. The highest BCUT2D eigenvalue weighted by Crippen LogP contribution is 2.33. The fraction of sp³-hybridized carbons (Fsp3) is 0.692. The summed E-state index contributed by atoms with van der Waals surface area (Å²) in [4.78, 5) is 24.0. The molecule has 0 atom stereocenters. The molecule has 0 unspecified atom stereocenters. The van der Waals surface area contributed by atoms with Crippen molar-refractivity contribution in [2.45, 2.75) is 51.1 Å². The van der Waals surface area contributed by atoms with Crippen molar-refractivity contribution in [3.8, 4) is 0 Å². The van der Waals surface area contributed by atoms with Crippen molar-refractivity contribution < 1.29 is 4.79 Å². The maximum Gasteiger partial charge on any atom is 0.328 e. The SMILES string of the molecule is O=C(Cn1ccn(C2CC2)c1=O)C1CCCC1. The lowest BCUT2D eigenvalue weighted by atomic mass is 10.0. The molecule has 4 heteroatoms. The van der Waals surface area contributed by atoms with E-state index >= 15 is 0 Å². The molecule has 0 amide bonds. The van der Waals surface area contributed by atoms with E-state index in [1.54, 1.807) is 15.3 Å². The molecule has 2 aliphatic carbocycles. The number of aromatic nitrogens is 2. The molecule has 1 aromatic heterocycles. The van der Waals surface area contributed by atoms with E-state index in [9.17, 15) is 9.59 Å². The molecule has 0 spiro atoms. The predicted octanol–water partition coefficient (Wildman–Crippen LogP) is 1.74. The van der Waals surface area contributed by atoms with Crippen LogP contribution in [0.15, 0.2) is 17.2 Å². The third-order valence-electron chi connectivity index (χ3n) is 3.95. The molecule has 2 aliphatic rings. The summed E-state index contributed by atoms with van der Waals surface area (Å²) < 4.78 is 3.33. The van der Waals surface area contributed by atoms with Gasteiger partial charge in [-0.3, -0.25) is 13.9 Å². The number of nitrogens with zero attached hydrogens (tertiary/aromatic N) is 2. The second-order valence-corrected chi connectivity index (χ2v) is 5.29. The van der Waals surface area contributed by atoms with E-state index in [1.165, 1.54) is 0 Å². The topological polar surface area (TPSA) is 44.0 Å². The largest absolute Gasteiger partial charge is 0.328 e. The lowest BCUT2D eigenvalue weighted by molar-refractivity contribution is -0.123. The van der Waals surface area contributed by atoms with E-state index in [1.807, 2.05) is 6.20 Å². The first kappa shape index (κ1) is 10.8. The molecule has 2 fully saturated rings. The zero-order valence-corrected chi connectivity index (χ0v) is 9.97. The Morgan fingerprint density at radius 3 is 2.53 bits per heavy atom. The molecule has 1 aromatic rings. The maximum absolute atomic E-state index is 12.0. The Morgan fingerprint density at radius 2 is 1.88 bits per heavy atom. The monoisotopic (exact) mass is 234 g/mol. The number of hydrogen-bond acceptors (Lipinski definition) is 2. The Balaban J connectivity index is 1.71. The standard InChI is InChI=1S/C13H18N2O2/c16-12(10-3-1-2-4-10)9-14-7-8-15(13(14)17)11-5-6-11/h7-8,10-11H,1-6,9H2. The molecule has 0 bridgehead atoms. The smallest absolute Gasteiger partial charge is 0.297 e. The normalized spacial score (nSPS) is 20.9. The summed E-state index contributed by atoms with van der Waals surface area (Å²) in [6.07, 6.45) is 10.1. The van der Waals surface area contributed by atoms with Crippen molar-refractivity contribution in [2.24, 2.45) is 5.92 Å². The van der Waals surface area contributed by atoms with E-state index in [0.29, 0.717) is 6.04 Å². The molecule has 0 aromatic carbocycles. The van der Waals surface area contributed by atoms with E-state index in [0.717, 1.165) is 38.5 Å².